The molecule has 0 aliphatic rings. The van der Waals surface area contributed by atoms with Crippen LogP contribution in [0.2, 0.25) is 0 Å². The minimum Gasteiger partial charge on any atom is -0.266 e. The van der Waals surface area contributed by atoms with Crippen LogP contribution in [0.4, 0.5) is 15.8 Å². The molecule has 5 aromatic rings. The molecule has 2 aromatic carbocycles. The van der Waals surface area contributed by atoms with E-state index >= 15 is 0 Å². The molecule has 0 aliphatic carbocycles. The molecule has 3 heterocycles. The molecule has 0 saturated carbocycles. The zero-order valence-corrected chi connectivity index (χ0v) is 20.2. The second-order valence-corrected chi connectivity index (χ2v) is 10.5. The van der Waals surface area contributed by atoms with Crippen molar-refractivity contribution in [2.45, 2.75) is 6.92 Å². The third kappa shape index (κ3) is 4.51. The summed E-state index contributed by atoms with van der Waals surface area (Å²) in [6.07, 6.45) is 1.38. The Morgan fingerprint density at radius 3 is 2.54 bits per heavy atom. The number of nitro benzene ring substituents is 1. The lowest BCUT2D eigenvalue weighted by Crippen LogP contribution is -2.24. The van der Waals surface area contributed by atoms with Gasteiger partial charge in [-0.05, 0) is 42.8 Å². The number of aromatic nitrogens is 1. The van der Waals surface area contributed by atoms with Gasteiger partial charge in [-0.25, -0.2) is 4.98 Å². The average molecular weight is 524 g/mol. The van der Waals surface area contributed by atoms with E-state index in [1.54, 1.807) is 18.2 Å². The van der Waals surface area contributed by atoms with Crippen molar-refractivity contribution < 1.29 is 14.6 Å². The van der Waals surface area contributed by atoms with E-state index in [-0.39, 0.29) is 10.7 Å². The zero-order valence-electron chi connectivity index (χ0n) is 17.8. The minimum atomic E-state index is -0.489. The van der Waals surface area contributed by atoms with Gasteiger partial charge in [0, 0.05) is 28.3 Å². The molecule has 0 bridgehead atoms. The Kier molecular flexibility index (Phi) is 5.80. The van der Waals surface area contributed by atoms with Gasteiger partial charge < -0.3 is 0 Å². The quantitative estimate of drug-likeness (QED) is 0.144. The number of carbonyl (C=O) groups is 1. The summed E-state index contributed by atoms with van der Waals surface area (Å²) in [4.78, 5) is 40.1. The molecule has 0 radical (unpaired) electrons. The maximum absolute atomic E-state index is 13.6. The standard InChI is InChI=1S/C22H13N5O5S3/c1-12-2-5-16-18(8-12)35-22(24-16)25(23-11-15-4-7-20(33-15)27(31)32)21(28)19-10-13-9-14(26(29)30)3-6-17(13)34-19/h2-11H,1H3/b23-11+. The Morgan fingerprint density at radius 1 is 0.971 bits per heavy atom. The highest BCUT2D eigenvalue weighted by molar-refractivity contribution is 7.23. The second kappa shape index (κ2) is 8.94. The van der Waals surface area contributed by atoms with Crippen LogP contribution in [-0.2, 0) is 0 Å². The molecular formula is C22H13N5O5S3. The largest absolute Gasteiger partial charge is 0.324 e. The summed E-state index contributed by atoms with van der Waals surface area (Å²) >= 11 is 3.42. The number of hydrogen-bond acceptors (Lipinski definition) is 10. The van der Waals surface area contributed by atoms with Gasteiger partial charge in [0.2, 0.25) is 5.13 Å². The third-order valence-corrected chi connectivity index (χ3v) is 7.99. The van der Waals surface area contributed by atoms with E-state index < -0.39 is 15.8 Å². The number of nitrogens with zero attached hydrogens (tertiary/aromatic N) is 5. The topological polar surface area (TPSA) is 132 Å². The predicted octanol–water partition coefficient (Wildman–Crippen LogP) is 6.38. The number of nitro groups is 2. The van der Waals surface area contributed by atoms with E-state index in [0.717, 1.165) is 31.3 Å². The first kappa shape index (κ1) is 22.7. The fourth-order valence-corrected chi connectivity index (χ4v) is 5.95. The van der Waals surface area contributed by atoms with E-state index in [2.05, 4.69) is 10.1 Å². The molecular weight excluding hydrogens is 510 g/mol. The fraction of sp³-hybridized carbons (Fsp3) is 0.0455. The molecule has 0 N–H and O–H groups in total. The van der Waals surface area contributed by atoms with Gasteiger partial charge in [-0.2, -0.15) is 10.1 Å². The SMILES string of the molecule is Cc1ccc2nc(N(/N=C/c3ccc([N+](=O)[O-])s3)C(=O)c3cc4cc([N+](=O)[O-])ccc4s3)sc2c1. The molecule has 5 rings (SSSR count). The number of carbonyl (C=O) groups excluding carboxylic acids is 1. The van der Waals surface area contributed by atoms with Crippen molar-refractivity contribution in [3.05, 3.63) is 90.1 Å². The third-order valence-electron chi connectivity index (χ3n) is 4.92. The molecule has 13 heteroatoms. The lowest BCUT2D eigenvalue weighted by atomic mass is 10.2. The van der Waals surface area contributed by atoms with Crippen LogP contribution in [0.15, 0.2) is 59.7 Å². The minimum absolute atomic E-state index is 0.0362. The summed E-state index contributed by atoms with van der Waals surface area (Å²) in [7, 11) is 0. The van der Waals surface area contributed by atoms with Gasteiger partial charge in [-0.15, -0.1) is 11.3 Å². The molecule has 0 unspecified atom stereocenters. The number of fused-ring (bicyclic) bond motifs is 2. The monoisotopic (exact) mass is 523 g/mol. The highest BCUT2D eigenvalue weighted by Crippen LogP contribution is 2.34. The number of hydrogen-bond donors (Lipinski definition) is 0. The van der Waals surface area contributed by atoms with Gasteiger partial charge in [0.05, 0.1) is 36.0 Å². The lowest BCUT2D eigenvalue weighted by Gasteiger charge is -2.12. The van der Waals surface area contributed by atoms with Crippen molar-refractivity contribution in [2.75, 3.05) is 5.01 Å². The molecule has 10 nitrogen and oxygen atoms in total. The van der Waals surface area contributed by atoms with Gasteiger partial charge in [0.25, 0.3) is 11.6 Å². The maximum atomic E-state index is 13.6. The number of thiazole rings is 1. The number of rotatable bonds is 6. The number of thiophene rings is 2. The molecule has 0 atom stereocenters. The van der Waals surface area contributed by atoms with Gasteiger partial charge in [0.15, 0.2) is 0 Å². The van der Waals surface area contributed by atoms with E-state index in [1.165, 1.54) is 47.1 Å². The molecule has 0 fully saturated rings. The number of amides is 1. The summed E-state index contributed by atoms with van der Waals surface area (Å²) in [5.41, 5.74) is 1.69. The van der Waals surface area contributed by atoms with Crippen molar-refractivity contribution in [3.8, 4) is 0 Å². The first-order valence-electron chi connectivity index (χ1n) is 9.96. The first-order valence-corrected chi connectivity index (χ1v) is 12.4. The summed E-state index contributed by atoms with van der Waals surface area (Å²) < 4.78 is 1.60. The molecule has 0 spiro atoms. The zero-order chi connectivity index (χ0) is 24.7. The number of anilines is 1. The lowest BCUT2D eigenvalue weighted by molar-refractivity contribution is -0.384. The highest BCUT2D eigenvalue weighted by Gasteiger charge is 2.24. The van der Waals surface area contributed by atoms with Gasteiger partial charge in [-0.1, -0.05) is 28.7 Å². The predicted molar refractivity (Wildman–Crippen MR) is 138 cm³/mol. The number of non-ortho nitro benzene ring substituents is 1. The Bertz CT molecular complexity index is 1670. The second-order valence-electron chi connectivity index (χ2n) is 7.35. The molecule has 1 amide bonds. The van der Waals surface area contributed by atoms with Crippen LogP contribution < -0.4 is 5.01 Å². The number of aryl methyl sites for hydroxylation is 1. The molecule has 0 aliphatic heterocycles. The van der Waals surface area contributed by atoms with E-state index in [4.69, 9.17) is 0 Å². The summed E-state index contributed by atoms with van der Waals surface area (Å²) in [6, 6.07) is 14.7. The molecule has 35 heavy (non-hydrogen) atoms. The smallest absolute Gasteiger partial charge is 0.266 e. The molecule has 3 aromatic heterocycles. The van der Waals surface area contributed by atoms with E-state index in [0.29, 0.717) is 25.8 Å². The van der Waals surface area contributed by atoms with E-state index in [9.17, 15) is 25.0 Å². The van der Waals surface area contributed by atoms with Crippen molar-refractivity contribution in [3.63, 3.8) is 0 Å². The summed E-state index contributed by atoms with van der Waals surface area (Å²) in [5.74, 6) is -0.466. The number of benzene rings is 2. The maximum Gasteiger partial charge on any atom is 0.324 e. The fourth-order valence-electron chi connectivity index (χ4n) is 3.28. The highest BCUT2D eigenvalue weighted by atomic mass is 32.1. The Hall–Kier alpha value is -4.07. The van der Waals surface area contributed by atoms with Crippen LogP contribution in [0.5, 0.6) is 0 Å². The first-order chi connectivity index (χ1) is 16.8. The Morgan fingerprint density at radius 2 is 1.80 bits per heavy atom. The Labute approximate surface area is 208 Å². The van der Waals surface area contributed by atoms with Crippen molar-refractivity contribution in [1.29, 1.82) is 0 Å². The van der Waals surface area contributed by atoms with Crippen LogP contribution in [0.25, 0.3) is 20.3 Å². The van der Waals surface area contributed by atoms with Crippen LogP contribution in [0, 0.1) is 27.2 Å². The van der Waals surface area contributed by atoms with Gasteiger partial charge >= 0.3 is 5.00 Å². The van der Waals surface area contributed by atoms with Gasteiger partial charge in [0.1, 0.15) is 0 Å². The molecule has 0 saturated heterocycles. The van der Waals surface area contributed by atoms with Crippen molar-refractivity contribution >= 4 is 82.3 Å². The van der Waals surface area contributed by atoms with Crippen molar-refractivity contribution in [1.82, 2.24) is 4.98 Å². The van der Waals surface area contributed by atoms with Crippen LogP contribution in [-0.4, -0.2) is 27.0 Å². The normalized spacial score (nSPS) is 11.5. The van der Waals surface area contributed by atoms with Crippen LogP contribution >= 0.6 is 34.0 Å². The number of hydrazone groups is 1. The van der Waals surface area contributed by atoms with Gasteiger partial charge in [-0.3, -0.25) is 25.0 Å². The molecule has 174 valence electrons. The van der Waals surface area contributed by atoms with Crippen molar-refractivity contribution in [2.24, 2.45) is 5.10 Å². The summed E-state index contributed by atoms with van der Waals surface area (Å²) in [5, 5.41) is 28.5. The van der Waals surface area contributed by atoms with Crippen LogP contribution in [0.3, 0.4) is 0 Å². The Balaban J connectivity index is 1.56. The summed E-state index contributed by atoms with van der Waals surface area (Å²) in [6.45, 7) is 1.96. The average Bonchev–Trinajstić information content (AvgIpc) is 3.56. The van der Waals surface area contributed by atoms with Crippen LogP contribution in [0.1, 0.15) is 20.1 Å². The van der Waals surface area contributed by atoms with E-state index in [1.807, 2.05) is 25.1 Å².